The first-order valence-corrected chi connectivity index (χ1v) is 8.34. The van der Waals surface area contributed by atoms with Gasteiger partial charge in [-0.3, -0.25) is 9.59 Å². The summed E-state index contributed by atoms with van der Waals surface area (Å²) < 4.78 is 0. The van der Waals surface area contributed by atoms with Gasteiger partial charge in [-0.05, 0) is 37.7 Å². The molecular formula is C18H24N2O2. The summed E-state index contributed by atoms with van der Waals surface area (Å²) >= 11 is 0. The predicted octanol–water partition coefficient (Wildman–Crippen LogP) is 2.18. The number of hydrogen-bond acceptors (Lipinski definition) is 2. The van der Waals surface area contributed by atoms with Crippen molar-refractivity contribution in [2.75, 3.05) is 6.54 Å². The summed E-state index contributed by atoms with van der Waals surface area (Å²) in [6.45, 7) is 0.585. The third-order valence-corrected chi connectivity index (χ3v) is 4.85. The standard InChI is InChI=1S/C18H24N2O2/c21-16(19-13-10-14-6-2-1-3-7-14)18(11-12-18)17(22)20-15-8-4-5-9-15/h1-3,6-7,15H,4-5,8-13H2,(H,19,21)(H,20,22). The summed E-state index contributed by atoms with van der Waals surface area (Å²) in [5, 5.41) is 6.01. The first-order valence-electron chi connectivity index (χ1n) is 8.34. The summed E-state index contributed by atoms with van der Waals surface area (Å²) in [5.41, 5.74) is 0.419. The van der Waals surface area contributed by atoms with Gasteiger partial charge in [0.1, 0.15) is 5.41 Å². The molecule has 0 unspecified atom stereocenters. The van der Waals surface area contributed by atoms with E-state index in [4.69, 9.17) is 0 Å². The van der Waals surface area contributed by atoms with Crippen LogP contribution in [0.25, 0.3) is 0 Å². The highest BCUT2D eigenvalue weighted by atomic mass is 16.2. The SMILES string of the molecule is O=C(NCCc1ccccc1)C1(C(=O)NC2CCCC2)CC1. The smallest absolute Gasteiger partial charge is 0.235 e. The van der Waals surface area contributed by atoms with Gasteiger partial charge in [-0.25, -0.2) is 0 Å². The molecule has 2 saturated carbocycles. The van der Waals surface area contributed by atoms with Gasteiger partial charge in [0.15, 0.2) is 0 Å². The zero-order chi connectivity index (χ0) is 15.4. The van der Waals surface area contributed by atoms with E-state index in [-0.39, 0.29) is 17.9 Å². The van der Waals surface area contributed by atoms with Crippen LogP contribution in [0, 0.1) is 5.41 Å². The number of carbonyl (C=O) groups is 2. The Bertz CT molecular complexity index is 531. The highest BCUT2D eigenvalue weighted by Crippen LogP contribution is 2.46. The Hall–Kier alpha value is -1.84. The maximum absolute atomic E-state index is 12.4. The molecule has 0 aliphatic heterocycles. The van der Waals surface area contributed by atoms with E-state index in [1.54, 1.807) is 0 Å². The fourth-order valence-electron chi connectivity index (χ4n) is 3.21. The van der Waals surface area contributed by atoms with Crippen molar-refractivity contribution in [3.63, 3.8) is 0 Å². The molecule has 0 heterocycles. The second-order valence-corrected chi connectivity index (χ2v) is 6.53. The molecule has 2 amide bonds. The number of amides is 2. The highest BCUT2D eigenvalue weighted by molar-refractivity contribution is 6.07. The summed E-state index contributed by atoms with van der Waals surface area (Å²) in [7, 11) is 0. The van der Waals surface area contributed by atoms with Gasteiger partial charge in [0.2, 0.25) is 11.8 Å². The molecule has 2 aliphatic rings. The lowest BCUT2D eigenvalue weighted by molar-refractivity contribution is -0.137. The molecule has 0 radical (unpaired) electrons. The van der Waals surface area contributed by atoms with Gasteiger partial charge in [-0.1, -0.05) is 43.2 Å². The van der Waals surface area contributed by atoms with E-state index in [1.807, 2.05) is 30.3 Å². The quantitative estimate of drug-likeness (QED) is 0.791. The zero-order valence-corrected chi connectivity index (χ0v) is 12.9. The fourth-order valence-corrected chi connectivity index (χ4v) is 3.21. The topological polar surface area (TPSA) is 58.2 Å². The van der Waals surface area contributed by atoms with Crippen LogP contribution in [0.5, 0.6) is 0 Å². The Balaban J connectivity index is 1.47. The van der Waals surface area contributed by atoms with E-state index in [9.17, 15) is 9.59 Å². The van der Waals surface area contributed by atoms with Gasteiger partial charge >= 0.3 is 0 Å². The summed E-state index contributed by atoms with van der Waals surface area (Å²) in [6, 6.07) is 10.3. The molecule has 1 aromatic carbocycles. The molecule has 0 bridgehead atoms. The second kappa shape index (κ2) is 6.51. The van der Waals surface area contributed by atoms with Crippen molar-refractivity contribution in [1.82, 2.24) is 10.6 Å². The maximum atomic E-state index is 12.4. The maximum Gasteiger partial charge on any atom is 0.235 e. The monoisotopic (exact) mass is 300 g/mol. The molecule has 22 heavy (non-hydrogen) atoms. The van der Waals surface area contributed by atoms with E-state index >= 15 is 0 Å². The van der Waals surface area contributed by atoms with Gasteiger partial charge in [-0.2, -0.15) is 0 Å². The lowest BCUT2D eigenvalue weighted by Gasteiger charge is -2.18. The zero-order valence-electron chi connectivity index (χ0n) is 12.9. The minimum Gasteiger partial charge on any atom is -0.355 e. The molecule has 2 N–H and O–H groups in total. The largest absolute Gasteiger partial charge is 0.355 e. The van der Waals surface area contributed by atoms with Crippen LogP contribution in [-0.2, 0) is 16.0 Å². The lowest BCUT2D eigenvalue weighted by Crippen LogP contribution is -2.46. The summed E-state index contributed by atoms with van der Waals surface area (Å²) in [5.74, 6) is -0.157. The van der Waals surface area contributed by atoms with Crippen LogP contribution in [0.2, 0.25) is 0 Å². The van der Waals surface area contributed by atoms with Crippen molar-refractivity contribution in [1.29, 1.82) is 0 Å². The van der Waals surface area contributed by atoms with Crippen LogP contribution >= 0.6 is 0 Å². The van der Waals surface area contributed by atoms with Gasteiger partial charge in [0.25, 0.3) is 0 Å². The number of benzene rings is 1. The second-order valence-electron chi connectivity index (χ2n) is 6.53. The Morgan fingerprint density at radius 1 is 1.05 bits per heavy atom. The van der Waals surface area contributed by atoms with E-state index in [0.29, 0.717) is 19.4 Å². The Morgan fingerprint density at radius 2 is 1.73 bits per heavy atom. The van der Waals surface area contributed by atoms with E-state index in [0.717, 1.165) is 19.3 Å². The molecule has 0 saturated heterocycles. The molecule has 0 atom stereocenters. The molecular weight excluding hydrogens is 276 g/mol. The molecule has 0 aromatic heterocycles. The van der Waals surface area contributed by atoms with Crippen molar-refractivity contribution < 1.29 is 9.59 Å². The Kier molecular flexibility index (Phi) is 4.46. The molecule has 3 rings (SSSR count). The molecule has 118 valence electrons. The van der Waals surface area contributed by atoms with Gasteiger partial charge in [-0.15, -0.1) is 0 Å². The highest BCUT2D eigenvalue weighted by Gasteiger charge is 2.56. The van der Waals surface area contributed by atoms with E-state index < -0.39 is 5.41 Å². The van der Waals surface area contributed by atoms with Crippen LogP contribution in [0.15, 0.2) is 30.3 Å². The van der Waals surface area contributed by atoms with Crippen LogP contribution in [0.1, 0.15) is 44.1 Å². The van der Waals surface area contributed by atoms with Gasteiger partial charge in [0, 0.05) is 12.6 Å². The molecule has 0 spiro atoms. The molecule has 2 fully saturated rings. The van der Waals surface area contributed by atoms with Gasteiger partial charge in [0.05, 0.1) is 0 Å². The average molecular weight is 300 g/mol. The van der Waals surface area contributed by atoms with Crippen molar-refractivity contribution in [3.05, 3.63) is 35.9 Å². The molecule has 1 aromatic rings. The van der Waals surface area contributed by atoms with Crippen molar-refractivity contribution in [2.45, 2.75) is 51.0 Å². The van der Waals surface area contributed by atoms with Gasteiger partial charge < -0.3 is 10.6 Å². The van der Waals surface area contributed by atoms with Crippen molar-refractivity contribution in [2.24, 2.45) is 5.41 Å². The van der Waals surface area contributed by atoms with Crippen molar-refractivity contribution >= 4 is 11.8 Å². The van der Waals surface area contributed by atoms with E-state index in [2.05, 4.69) is 10.6 Å². The van der Waals surface area contributed by atoms with Crippen LogP contribution < -0.4 is 10.6 Å². The summed E-state index contributed by atoms with van der Waals surface area (Å²) in [4.78, 5) is 24.7. The summed E-state index contributed by atoms with van der Waals surface area (Å²) in [6.07, 6.45) is 6.63. The first kappa shape index (κ1) is 15.1. The number of nitrogens with one attached hydrogen (secondary N) is 2. The first-order chi connectivity index (χ1) is 10.7. The van der Waals surface area contributed by atoms with Crippen LogP contribution in [0.4, 0.5) is 0 Å². The fraction of sp³-hybridized carbons (Fsp3) is 0.556. The number of hydrogen-bond donors (Lipinski definition) is 2. The number of rotatable bonds is 6. The van der Waals surface area contributed by atoms with Crippen LogP contribution in [0.3, 0.4) is 0 Å². The van der Waals surface area contributed by atoms with E-state index in [1.165, 1.54) is 18.4 Å². The minimum absolute atomic E-state index is 0.0587. The lowest BCUT2D eigenvalue weighted by atomic mass is 10.0. The molecule has 4 heteroatoms. The van der Waals surface area contributed by atoms with Crippen molar-refractivity contribution in [3.8, 4) is 0 Å². The number of carbonyl (C=O) groups excluding carboxylic acids is 2. The third kappa shape index (κ3) is 3.32. The molecule has 2 aliphatic carbocycles. The Labute approximate surface area is 131 Å². The third-order valence-electron chi connectivity index (χ3n) is 4.85. The predicted molar refractivity (Wildman–Crippen MR) is 85.2 cm³/mol. The normalized spacial score (nSPS) is 19.6. The van der Waals surface area contributed by atoms with Crippen LogP contribution in [-0.4, -0.2) is 24.4 Å². The average Bonchev–Trinajstić information content (AvgIpc) is 3.20. The molecule has 4 nitrogen and oxygen atoms in total. The minimum atomic E-state index is -0.778. The Morgan fingerprint density at radius 3 is 2.36 bits per heavy atom.